The topological polar surface area (TPSA) is 55.9 Å². The fraction of sp³-hybridized carbons (Fsp3) is 0.935. The van der Waals surface area contributed by atoms with Crippen LogP contribution in [0.25, 0.3) is 0 Å². The summed E-state index contributed by atoms with van der Waals surface area (Å²) in [5, 5.41) is 6.25. The van der Waals surface area contributed by atoms with Gasteiger partial charge in [0.2, 0.25) is 0 Å². The van der Waals surface area contributed by atoms with Crippen molar-refractivity contribution in [3.8, 4) is 0 Å². The molecule has 0 aromatic carbocycles. The number of hydroxylamine groups is 6. The molecule has 8 nitrogen and oxygen atoms in total. The molecule has 234 valence electrons. The van der Waals surface area contributed by atoms with Crippen LogP contribution in [0.15, 0.2) is 11.5 Å². The van der Waals surface area contributed by atoms with Crippen molar-refractivity contribution in [2.24, 2.45) is 0 Å². The first-order chi connectivity index (χ1) is 18.0. The predicted molar refractivity (Wildman–Crippen MR) is 162 cm³/mol. The Morgan fingerprint density at radius 2 is 0.650 bits per heavy atom. The summed E-state index contributed by atoms with van der Waals surface area (Å²) in [6.07, 6.45) is 9.25. The van der Waals surface area contributed by atoms with Crippen molar-refractivity contribution in [2.45, 2.75) is 188 Å². The van der Waals surface area contributed by atoms with Crippen molar-refractivity contribution in [3.63, 3.8) is 0 Å². The minimum absolute atomic E-state index is 0.295. The third-order valence-corrected chi connectivity index (χ3v) is 12.2. The molecule has 0 aromatic rings. The van der Waals surface area contributed by atoms with Gasteiger partial charge in [-0.3, -0.25) is 0 Å². The number of hydrogen-bond acceptors (Lipinski definition) is 8. The van der Waals surface area contributed by atoms with Gasteiger partial charge in [0.15, 0.2) is 0 Å². The summed E-state index contributed by atoms with van der Waals surface area (Å²) >= 11 is 0. The van der Waals surface area contributed by atoms with Crippen LogP contribution in [-0.2, 0) is 22.9 Å². The van der Waals surface area contributed by atoms with Gasteiger partial charge in [-0.1, -0.05) is 0 Å². The van der Waals surface area contributed by atoms with Crippen LogP contribution in [-0.4, -0.2) is 48.4 Å². The van der Waals surface area contributed by atoms with E-state index in [9.17, 15) is 0 Å². The van der Waals surface area contributed by atoms with Gasteiger partial charge in [0.25, 0.3) is 0 Å². The average Bonchev–Trinajstić information content (AvgIpc) is 3.01. The second kappa shape index (κ2) is 9.77. The van der Waals surface area contributed by atoms with Crippen LogP contribution in [0.3, 0.4) is 0 Å². The van der Waals surface area contributed by atoms with Crippen LogP contribution >= 0.6 is 7.74 Å². The quantitative estimate of drug-likeness (QED) is 0.286. The van der Waals surface area contributed by atoms with Gasteiger partial charge in [-0.05, 0) is 0 Å². The molecule has 4 aliphatic rings. The fourth-order valence-corrected chi connectivity index (χ4v) is 11.3. The van der Waals surface area contributed by atoms with Gasteiger partial charge in [0.1, 0.15) is 0 Å². The molecule has 0 aromatic heterocycles. The monoisotopic (exact) mass is 585 g/mol. The molecule has 4 rings (SSSR count). The summed E-state index contributed by atoms with van der Waals surface area (Å²) < 4.78 is 35.8. The maximum atomic E-state index is 7.33. The van der Waals surface area contributed by atoms with Crippen molar-refractivity contribution in [3.05, 3.63) is 11.5 Å². The Morgan fingerprint density at radius 3 is 0.850 bits per heavy atom. The van der Waals surface area contributed by atoms with Crippen molar-refractivity contribution in [1.29, 1.82) is 0 Å². The number of rotatable bonds is 6. The summed E-state index contributed by atoms with van der Waals surface area (Å²) in [5.41, 5.74) is -1.77. The third kappa shape index (κ3) is 5.73. The number of piperidine rings is 3. The van der Waals surface area contributed by atoms with Crippen LogP contribution in [0, 0.1) is 0 Å². The van der Waals surface area contributed by atoms with Crippen molar-refractivity contribution < 1.29 is 22.9 Å². The normalized spacial score (nSPS) is 33.4. The molecule has 0 amide bonds. The summed E-state index contributed by atoms with van der Waals surface area (Å²) in [6.45, 7) is 30.6. The van der Waals surface area contributed by atoms with E-state index in [0.717, 1.165) is 57.8 Å². The van der Waals surface area contributed by atoms with Gasteiger partial charge < -0.3 is 0 Å². The van der Waals surface area contributed by atoms with E-state index in [1.807, 2.05) is 13.8 Å². The minimum atomic E-state index is -4.93. The number of nitrogens with zero attached hydrogens (tertiary/aromatic N) is 3. The van der Waals surface area contributed by atoms with Gasteiger partial charge in [-0.25, -0.2) is 0 Å². The maximum absolute atomic E-state index is 7.33. The zero-order chi connectivity index (χ0) is 30.2. The third-order valence-electron chi connectivity index (χ3n) is 9.74. The molecule has 0 bridgehead atoms. The van der Waals surface area contributed by atoms with Crippen LogP contribution in [0.2, 0.25) is 0 Å². The zero-order valence-corrected chi connectivity index (χ0v) is 29.1. The van der Waals surface area contributed by atoms with Gasteiger partial charge >= 0.3 is 245 Å². The van der Waals surface area contributed by atoms with E-state index in [1.54, 1.807) is 0 Å². The first kappa shape index (κ1) is 32.4. The Labute approximate surface area is 245 Å². The molecule has 0 saturated carbocycles. The van der Waals surface area contributed by atoms with Crippen LogP contribution in [0.1, 0.15) is 155 Å². The second-order valence-electron chi connectivity index (χ2n) is 16.6. The number of hydrogen-bond donors (Lipinski definition) is 0. The molecular formula is C31H60N3O5P. The Kier molecular flexibility index (Phi) is 7.92. The van der Waals surface area contributed by atoms with E-state index < -0.39 is 7.74 Å². The molecular weight excluding hydrogens is 525 g/mol. The first-order valence-electron chi connectivity index (χ1n) is 15.6. The molecule has 9 heteroatoms. The standard InChI is InChI=1S/C31H60N3O5P/c1-24-25(2)36-40(35-24,37-32-26(3,4)18-15-19-27(32,5)6,38-33-28(7,8)20-16-21-29(33,9)10)39-34-30(11,12)22-17-23-31(34,13)14/h15-23H2,1-14H3. The van der Waals surface area contributed by atoms with Gasteiger partial charge in [0.05, 0.1) is 0 Å². The molecule has 0 N–H and O–H groups in total. The van der Waals surface area contributed by atoms with Gasteiger partial charge in [-0.2, -0.15) is 0 Å². The van der Waals surface area contributed by atoms with E-state index >= 15 is 0 Å². The Bertz CT molecular complexity index is 852. The molecule has 4 aliphatic heterocycles. The van der Waals surface area contributed by atoms with E-state index in [2.05, 4.69) is 98.3 Å². The SMILES string of the molecule is CC1=C(C)OP(ON2C(C)(C)CCCC2(C)C)(ON2C(C)(C)CCCC2(C)C)(ON2C(C)(C)CCCC2(C)C)O1. The molecule has 0 unspecified atom stereocenters. The Morgan fingerprint density at radius 1 is 0.450 bits per heavy atom. The first-order valence-corrected chi connectivity index (χ1v) is 17.4. The molecule has 0 radical (unpaired) electrons. The zero-order valence-electron chi connectivity index (χ0n) is 28.2. The predicted octanol–water partition coefficient (Wildman–Crippen LogP) is 9.34. The molecule has 40 heavy (non-hydrogen) atoms. The summed E-state index contributed by atoms with van der Waals surface area (Å²) in [7, 11) is -4.93. The van der Waals surface area contributed by atoms with E-state index in [-0.39, 0.29) is 33.2 Å². The molecule has 3 fully saturated rings. The van der Waals surface area contributed by atoms with E-state index in [0.29, 0.717) is 11.5 Å². The van der Waals surface area contributed by atoms with E-state index in [4.69, 9.17) is 22.9 Å². The molecule has 0 atom stereocenters. The average molecular weight is 586 g/mol. The summed E-state index contributed by atoms with van der Waals surface area (Å²) in [4.78, 5) is 0. The summed E-state index contributed by atoms with van der Waals surface area (Å²) in [6, 6.07) is 0. The number of allylic oxidation sites excluding steroid dienone is 2. The van der Waals surface area contributed by atoms with Gasteiger partial charge in [0, 0.05) is 0 Å². The van der Waals surface area contributed by atoms with Crippen LogP contribution in [0.5, 0.6) is 0 Å². The van der Waals surface area contributed by atoms with Gasteiger partial charge in [-0.15, -0.1) is 0 Å². The summed E-state index contributed by atoms with van der Waals surface area (Å²) in [5.74, 6) is 1.26. The molecule has 0 aliphatic carbocycles. The van der Waals surface area contributed by atoms with Crippen molar-refractivity contribution >= 4 is 7.74 Å². The molecule has 0 spiro atoms. The Hall–Kier alpha value is -0.470. The molecule has 3 saturated heterocycles. The van der Waals surface area contributed by atoms with E-state index in [1.165, 1.54) is 0 Å². The van der Waals surface area contributed by atoms with Crippen molar-refractivity contribution in [1.82, 2.24) is 15.2 Å². The second-order valence-corrected chi connectivity index (χ2v) is 18.9. The Balaban J connectivity index is 1.95. The van der Waals surface area contributed by atoms with Crippen LogP contribution < -0.4 is 0 Å². The fourth-order valence-electron chi connectivity index (χ4n) is 7.73. The molecule has 4 heterocycles. The van der Waals surface area contributed by atoms with Crippen molar-refractivity contribution in [2.75, 3.05) is 0 Å². The van der Waals surface area contributed by atoms with Crippen LogP contribution in [0.4, 0.5) is 0 Å².